The normalized spacial score (nSPS) is 27.5. The molecule has 0 unspecified atom stereocenters. The van der Waals surface area contributed by atoms with E-state index in [2.05, 4.69) is 17.0 Å². The Bertz CT molecular complexity index is 963. The maximum Gasteiger partial charge on any atom is 0.225 e. The lowest BCUT2D eigenvalue weighted by atomic mass is 9.94. The molecule has 0 radical (unpaired) electrons. The minimum Gasteiger partial charge on any atom is -0.457 e. The van der Waals surface area contributed by atoms with Gasteiger partial charge in [0.1, 0.15) is 11.5 Å². The van der Waals surface area contributed by atoms with E-state index in [4.69, 9.17) is 14.2 Å². The molecule has 7 heteroatoms. The van der Waals surface area contributed by atoms with Crippen molar-refractivity contribution in [1.82, 2.24) is 9.80 Å². The number of aliphatic hydroxyl groups excluding tert-OH is 1. The zero-order valence-electron chi connectivity index (χ0n) is 21.0. The SMILES string of the molecule is O=C(C[C@H]1CC[C@H]2[C@@H](COC[C@@H](O)CN2Cc2ccc(Oc3ccccc3)cc2)O1)N1CCCCC1. The molecule has 194 valence electrons. The number of β-amino-alcohol motifs (C(OH)–C–C–N with tert-alkyl or cyclic N) is 1. The van der Waals surface area contributed by atoms with Gasteiger partial charge in [0.2, 0.25) is 5.91 Å². The summed E-state index contributed by atoms with van der Waals surface area (Å²) in [6.07, 6.45) is 4.94. The standard InChI is InChI=1S/C29H38N2O5/c32-23-19-31(18-22-9-11-25(12-10-22)35-24-7-3-1-4-8-24)27-14-13-26(36-28(27)21-34-20-23)17-29(33)30-15-5-2-6-16-30/h1,3-4,7-12,23,26-28,32H,2,5-6,13-21H2/t23-,26+,27-,28+/m0/s1. The second kappa shape index (κ2) is 12.2. The molecule has 7 nitrogen and oxygen atoms in total. The van der Waals surface area contributed by atoms with Gasteiger partial charge < -0.3 is 24.2 Å². The van der Waals surface area contributed by atoms with Crippen LogP contribution in [-0.2, 0) is 20.8 Å². The molecule has 0 aliphatic carbocycles. The third-order valence-corrected chi connectivity index (χ3v) is 7.49. The molecule has 3 aliphatic heterocycles. The van der Waals surface area contributed by atoms with Crippen LogP contribution in [0.15, 0.2) is 54.6 Å². The Hall–Kier alpha value is -2.45. The first-order valence-corrected chi connectivity index (χ1v) is 13.4. The Kier molecular flexibility index (Phi) is 8.54. The van der Waals surface area contributed by atoms with E-state index in [1.165, 1.54) is 6.42 Å². The number of nitrogens with zero attached hydrogens (tertiary/aromatic N) is 2. The maximum atomic E-state index is 12.8. The molecule has 1 amide bonds. The van der Waals surface area contributed by atoms with E-state index in [-0.39, 0.29) is 24.2 Å². The zero-order chi connectivity index (χ0) is 24.7. The average Bonchev–Trinajstić information content (AvgIpc) is 2.90. The molecule has 0 bridgehead atoms. The number of carbonyl (C=O) groups excluding carboxylic acids is 1. The van der Waals surface area contributed by atoms with Crippen molar-refractivity contribution in [1.29, 1.82) is 0 Å². The summed E-state index contributed by atoms with van der Waals surface area (Å²) in [4.78, 5) is 17.1. The number of aliphatic hydroxyl groups is 1. The fourth-order valence-corrected chi connectivity index (χ4v) is 5.62. The van der Waals surface area contributed by atoms with Gasteiger partial charge in [-0.15, -0.1) is 0 Å². The average molecular weight is 495 g/mol. The Balaban J connectivity index is 1.21. The molecule has 0 spiro atoms. The molecule has 0 saturated carbocycles. The van der Waals surface area contributed by atoms with Crippen LogP contribution in [0.25, 0.3) is 0 Å². The highest BCUT2D eigenvalue weighted by Crippen LogP contribution is 2.30. The topological polar surface area (TPSA) is 71.5 Å². The number of hydrogen-bond acceptors (Lipinski definition) is 6. The van der Waals surface area contributed by atoms with Gasteiger partial charge in [0.25, 0.3) is 0 Å². The van der Waals surface area contributed by atoms with E-state index in [1.807, 2.05) is 47.4 Å². The van der Waals surface area contributed by atoms with Gasteiger partial charge in [-0.3, -0.25) is 9.69 Å². The van der Waals surface area contributed by atoms with E-state index in [0.717, 1.165) is 55.8 Å². The van der Waals surface area contributed by atoms with Crippen LogP contribution in [0.4, 0.5) is 0 Å². The third kappa shape index (κ3) is 6.65. The van der Waals surface area contributed by atoms with E-state index in [1.54, 1.807) is 0 Å². The van der Waals surface area contributed by atoms with Crippen molar-refractivity contribution in [3.05, 3.63) is 60.2 Å². The number of para-hydroxylation sites is 1. The minimum absolute atomic E-state index is 0.0649. The first-order chi connectivity index (χ1) is 17.6. The highest BCUT2D eigenvalue weighted by molar-refractivity contribution is 5.76. The van der Waals surface area contributed by atoms with Crippen LogP contribution in [-0.4, -0.2) is 78.0 Å². The number of piperidine rings is 1. The Labute approximate surface area is 213 Å². The van der Waals surface area contributed by atoms with Gasteiger partial charge in [0, 0.05) is 32.2 Å². The molecule has 4 atom stereocenters. The number of hydrogen-bond donors (Lipinski definition) is 1. The van der Waals surface area contributed by atoms with Crippen LogP contribution in [0.1, 0.15) is 44.1 Å². The quantitative estimate of drug-likeness (QED) is 0.655. The molecule has 36 heavy (non-hydrogen) atoms. The number of ether oxygens (including phenoxy) is 3. The first kappa shape index (κ1) is 25.2. The molecule has 3 heterocycles. The number of likely N-dealkylation sites (tertiary alicyclic amines) is 1. The highest BCUT2D eigenvalue weighted by Gasteiger charge is 2.38. The number of benzene rings is 2. The number of rotatable bonds is 6. The lowest BCUT2D eigenvalue weighted by Crippen LogP contribution is -2.55. The summed E-state index contributed by atoms with van der Waals surface area (Å²) in [6, 6.07) is 18.0. The van der Waals surface area contributed by atoms with Gasteiger partial charge in [0.15, 0.2) is 0 Å². The molecule has 5 rings (SSSR count). The Morgan fingerprint density at radius 3 is 2.47 bits per heavy atom. The van der Waals surface area contributed by atoms with Crippen molar-refractivity contribution in [2.24, 2.45) is 0 Å². The van der Waals surface area contributed by atoms with Crippen LogP contribution in [0.3, 0.4) is 0 Å². The first-order valence-electron chi connectivity index (χ1n) is 13.4. The maximum absolute atomic E-state index is 12.8. The largest absolute Gasteiger partial charge is 0.457 e. The second-order valence-electron chi connectivity index (χ2n) is 10.3. The van der Waals surface area contributed by atoms with Crippen LogP contribution in [0, 0.1) is 0 Å². The van der Waals surface area contributed by atoms with Crippen molar-refractivity contribution in [3.8, 4) is 11.5 Å². The zero-order valence-corrected chi connectivity index (χ0v) is 21.0. The summed E-state index contributed by atoms with van der Waals surface area (Å²) in [7, 11) is 0. The van der Waals surface area contributed by atoms with Crippen molar-refractivity contribution in [2.45, 2.75) is 69.4 Å². The molecule has 3 saturated heterocycles. The summed E-state index contributed by atoms with van der Waals surface area (Å²) < 4.78 is 18.2. The molecule has 2 aromatic carbocycles. The van der Waals surface area contributed by atoms with Gasteiger partial charge in [0.05, 0.1) is 37.9 Å². The van der Waals surface area contributed by atoms with Crippen LogP contribution in [0.2, 0.25) is 0 Å². The lowest BCUT2D eigenvalue weighted by molar-refractivity contribution is -0.161. The minimum atomic E-state index is -0.537. The summed E-state index contributed by atoms with van der Waals surface area (Å²) in [6.45, 7) is 3.73. The van der Waals surface area contributed by atoms with Gasteiger partial charge in [-0.25, -0.2) is 0 Å². The van der Waals surface area contributed by atoms with Crippen LogP contribution < -0.4 is 4.74 Å². The van der Waals surface area contributed by atoms with Crippen LogP contribution in [0.5, 0.6) is 11.5 Å². The third-order valence-electron chi connectivity index (χ3n) is 7.49. The summed E-state index contributed by atoms with van der Waals surface area (Å²) in [5.41, 5.74) is 1.16. The predicted molar refractivity (Wildman–Crippen MR) is 137 cm³/mol. The van der Waals surface area contributed by atoms with Crippen molar-refractivity contribution < 1.29 is 24.1 Å². The Morgan fingerprint density at radius 2 is 1.69 bits per heavy atom. The van der Waals surface area contributed by atoms with E-state index < -0.39 is 6.10 Å². The van der Waals surface area contributed by atoms with Crippen molar-refractivity contribution in [2.75, 3.05) is 32.8 Å². The van der Waals surface area contributed by atoms with Crippen LogP contribution >= 0.6 is 0 Å². The molecule has 0 aromatic heterocycles. The Morgan fingerprint density at radius 1 is 0.944 bits per heavy atom. The van der Waals surface area contributed by atoms with Gasteiger partial charge in [-0.2, -0.15) is 0 Å². The van der Waals surface area contributed by atoms with Gasteiger partial charge >= 0.3 is 0 Å². The number of fused-ring (bicyclic) bond motifs is 1. The lowest BCUT2D eigenvalue weighted by Gasteiger charge is -2.44. The number of carbonyl (C=O) groups is 1. The fourth-order valence-electron chi connectivity index (χ4n) is 5.62. The molecule has 3 aliphatic rings. The molecular formula is C29H38N2O5. The van der Waals surface area contributed by atoms with Gasteiger partial charge in [-0.05, 0) is 61.9 Å². The van der Waals surface area contributed by atoms with Crippen molar-refractivity contribution in [3.63, 3.8) is 0 Å². The number of amides is 1. The van der Waals surface area contributed by atoms with E-state index in [9.17, 15) is 9.90 Å². The molecule has 1 N–H and O–H groups in total. The summed E-state index contributed by atoms with van der Waals surface area (Å²) in [5, 5.41) is 10.5. The predicted octanol–water partition coefficient (Wildman–Crippen LogP) is 3.99. The molecular weight excluding hydrogens is 456 g/mol. The summed E-state index contributed by atoms with van der Waals surface area (Å²) in [5.74, 6) is 1.83. The molecule has 2 aromatic rings. The fraction of sp³-hybridized carbons (Fsp3) is 0.552. The summed E-state index contributed by atoms with van der Waals surface area (Å²) >= 11 is 0. The van der Waals surface area contributed by atoms with E-state index >= 15 is 0 Å². The van der Waals surface area contributed by atoms with Crippen molar-refractivity contribution >= 4 is 5.91 Å². The van der Waals surface area contributed by atoms with E-state index in [0.29, 0.717) is 32.7 Å². The smallest absolute Gasteiger partial charge is 0.225 e. The molecule has 3 fully saturated rings. The van der Waals surface area contributed by atoms with Gasteiger partial charge in [-0.1, -0.05) is 30.3 Å². The highest BCUT2D eigenvalue weighted by atomic mass is 16.5. The second-order valence-corrected chi connectivity index (χ2v) is 10.3. The monoisotopic (exact) mass is 494 g/mol.